The van der Waals surface area contributed by atoms with Gasteiger partial charge < -0.3 is 9.97 Å². The maximum Gasteiger partial charge on any atom is 0.0693 e. The Bertz CT molecular complexity index is 1660. The Balaban J connectivity index is 1.79. The molecule has 0 spiro atoms. The summed E-state index contributed by atoms with van der Waals surface area (Å²) in [6.45, 7) is 13.4. The fourth-order valence-electron chi connectivity index (χ4n) is 6.66. The van der Waals surface area contributed by atoms with E-state index >= 15 is 0 Å². The van der Waals surface area contributed by atoms with Crippen LogP contribution in [0.2, 0.25) is 0 Å². The molecule has 3 aromatic rings. The van der Waals surface area contributed by atoms with Crippen LogP contribution in [0, 0.1) is 13.8 Å². The number of nitrogens with zero attached hydrogens (tertiary/aromatic N) is 2. The third-order valence-electron chi connectivity index (χ3n) is 8.80. The smallest absolute Gasteiger partial charge is 0.0693 e. The third kappa shape index (κ3) is 3.80. The summed E-state index contributed by atoms with van der Waals surface area (Å²) in [6, 6.07) is 9.14. The first kappa shape index (κ1) is 24.0. The van der Waals surface area contributed by atoms with Crippen molar-refractivity contribution in [3.63, 3.8) is 0 Å². The van der Waals surface area contributed by atoms with E-state index in [1.54, 1.807) is 0 Å². The van der Waals surface area contributed by atoms with E-state index in [0.717, 1.165) is 65.9 Å². The number of fused-ring (bicyclic) bond motifs is 10. The van der Waals surface area contributed by atoms with Gasteiger partial charge >= 0.3 is 0 Å². The van der Waals surface area contributed by atoms with Crippen LogP contribution in [0.1, 0.15) is 105 Å². The minimum Gasteiger partial charge on any atom is -0.355 e. The highest BCUT2D eigenvalue weighted by atomic mass is 14.8. The fourth-order valence-corrected chi connectivity index (χ4v) is 6.66. The van der Waals surface area contributed by atoms with Crippen LogP contribution >= 0.6 is 0 Å². The predicted molar refractivity (Wildman–Crippen MR) is 157 cm³/mol. The van der Waals surface area contributed by atoms with E-state index in [-0.39, 0.29) is 0 Å². The highest BCUT2D eigenvalue weighted by molar-refractivity contribution is 5.95. The van der Waals surface area contributed by atoms with Crippen molar-refractivity contribution in [2.24, 2.45) is 0 Å². The monoisotopic (exact) mass is 490 g/mol. The van der Waals surface area contributed by atoms with Gasteiger partial charge in [-0.2, -0.15) is 0 Å². The van der Waals surface area contributed by atoms with Gasteiger partial charge in [-0.05, 0) is 135 Å². The number of aromatic amines is 2. The molecule has 0 radical (unpaired) electrons. The maximum absolute atomic E-state index is 5.27. The lowest BCUT2D eigenvalue weighted by Crippen LogP contribution is -1.93. The van der Waals surface area contributed by atoms with Crippen LogP contribution in [0.4, 0.5) is 0 Å². The molecule has 0 saturated carbocycles. The zero-order chi connectivity index (χ0) is 25.8. The molecule has 37 heavy (non-hydrogen) atoms. The highest BCUT2D eigenvalue weighted by Gasteiger charge is 2.24. The number of hydrogen-bond acceptors (Lipinski definition) is 2. The first-order chi connectivity index (χ1) is 17.9. The molecule has 5 heterocycles. The molecule has 4 heteroatoms. The lowest BCUT2D eigenvalue weighted by Gasteiger charge is -2.13. The average molecular weight is 491 g/mol. The van der Waals surface area contributed by atoms with Gasteiger partial charge in [-0.3, -0.25) is 0 Å². The second kappa shape index (κ2) is 9.16. The molecule has 3 aromatic heterocycles. The molecule has 1 aliphatic carbocycles. The Morgan fingerprint density at radius 3 is 1.54 bits per heavy atom. The summed E-state index contributed by atoms with van der Waals surface area (Å²) in [4.78, 5) is 18.0. The first-order valence-corrected chi connectivity index (χ1v) is 14.1. The zero-order valence-corrected chi connectivity index (χ0v) is 23.2. The molecule has 4 nitrogen and oxygen atoms in total. The molecule has 3 aliphatic rings. The van der Waals surface area contributed by atoms with Crippen molar-refractivity contribution in [3.8, 4) is 0 Å². The van der Waals surface area contributed by atoms with Crippen molar-refractivity contribution in [1.29, 1.82) is 0 Å². The van der Waals surface area contributed by atoms with Crippen molar-refractivity contribution in [1.82, 2.24) is 19.9 Å². The van der Waals surface area contributed by atoms with E-state index < -0.39 is 0 Å². The molecule has 8 bridgehead atoms. The van der Waals surface area contributed by atoms with Gasteiger partial charge in [0.05, 0.1) is 22.8 Å². The number of nitrogens with one attached hydrogen (secondary N) is 2. The number of aryl methyl sites for hydroxylation is 4. The molecule has 0 aromatic carbocycles. The minimum atomic E-state index is 0.965. The molecule has 2 aliphatic heterocycles. The van der Waals surface area contributed by atoms with Crippen molar-refractivity contribution < 1.29 is 0 Å². The Morgan fingerprint density at radius 2 is 1.05 bits per heavy atom. The SMILES string of the molecule is CCC1=C(C)c2cc3[nH]c(cc4nc(cc5[nH]c(cc1n2)c(C)c5CC)C1=C4CCCC1)c(CC)c3C. The number of hydrogen-bond donors (Lipinski definition) is 2. The summed E-state index contributed by atoms with van der Waals surface area (Å²) < 4.78 is 0. The molecule has 2 N–H and O–H groups in total. The van der Waals surface area contributed by atoms with E-state index in [2.05, 4.69) is 75.8 Å². The normalized spacial score (nSPS) is 15.5. The van der Waals surface area contributed by atoms with Gasteiger partial charge in [-0.25, -0.2) is 9.97 Å². The van der Waals surface area contributed by atoms with Crippen molar-refractivity contribution >= 4 is 44.4 Å². The van der Waals surface area contributed by atoms with Crippen LogP contribution in [0.15, 0.2) is 24.3 Å². The van der Waals surface area contributed by atoms with Gasteiger partial charge in [0, 0.05) is 22.1 Å². The average Bonchev–Trinajstić information content (AvgIpc) is 3.57. The molecule has 0 amide bonds. The number of rotatable bonds is 3. The molecule has 0 fully saturated rings. The maximum atomic E-state index is 5.27. The van der Waals surface area contributed by atoms with Gasteiger partial charge in [0.2, 0.25) is 0 Å². The predicted octanol–water partition coefficient (Wildman–Crippen LogP) is 8.88. The van der Waals surface area contributed by atoms with Crippen molar-refractivity contribution in [3.05, 3.63) is 69.3 Å². The van der Waals surface area contributed by atoms with Gasteiger partial charge in [-0.1, -0.05) is 20.8 Å². The van der Waals surface area contributed by atoms with Crippen LogP contribution in [0.5, 0.6) is 0 Å². The Kier molecular flexibility index (Phi) is 5.94. The van der Waals surface area contributed by atoms with Gasteiger partial charge in [0.25, 0.3) is 0 Å². The topological polar surface area (TPSA) is 57.4 Å². The summed E-state index contributed by atoms with van der Waals surface area (Å²) in [5, 5.41) is 0. The van der Waals surface area contributed by atoms with Crippen LogP contribution in [-0.2, 0) is 12.8 Å². The standard InChI is InChI=1S/C33H38N4/c1-7-21-18(4)26-14-27-19(5)22(8-2)30(35-27)16-32-24-12-10-11-13-25(24)33(37-32)17-31-23(9-3)20(6)28(36-31)15-29(21)34-26/h14-17,35-36H,7-13H2,1-6H3. The van der Waals surface area contributed by atoms with E-state index in [0.29, 0.717) is 0 Å². The Hall–Kier alpha value is -3.40. The first-order valence-electron chi connectivity index (χ1n) is 14.1. The molecule has 0 atom stereocenters. The largest absolute Gasteiger partial charge is 0.355 e. The third-order valence-corrected chi connectivity index (χ3v) is 8.80. The van der Waals surface area contributed by atoms with Gasteiger partial charge in [-0.15, -0.1) is 0 Å². The quantitative estimate of drug-likeness (QED) is 0.385. The lowest BCUT2D eigenvalue weighted by molar-refractivity contribution is 0.756. The summed E-state index contributed by atoms with van der Waals surface area (Å²) >= 11 is 0. The zero-order valence-electron chi connectivity index (χ0n) is 23.2. The van der Waals surface area contributed by atoms with Crippen LogP contribution < -0.4 is 0 Å². The van der Waals surface area contributed by atoms with Crippen LogP contribution in [-0.4, -0.2) is 19.9 Å². The fraction of sp³-hybridized carbons (Fsp3) is 0.394. The number of allylic oxidation sites excluding steroid dienone is 4. The minimum absolute atomic E-state index is 0.965. The molecule has 0 saturated heterocycles. The molecule has 190 valence electrons. The van der Waals surface area contributed by atoms with E-state index in [9.17, 15) is 0 Å². The molecule has 6 rings (SSSR count). The number of aromatic nitrogens is 4. The summed E-state index contributed by atoms with van der Waals surface area (Å²) in [7, 11) is 0. The van der Waals surface area contributed by atoms with Gasteiger partial charge in [0.1, 0.15) is 0 Å². The van der Waals surface area contributed by atoms with E-state index in [1.165, 1.54) is 68.4 Å². The van der Waals surface area contributed by atoms with E-state index in [1.807, 2.05) is 0 Å². The molecular formula is C33H38N4. The summed E-state index contributed by atoms with van der Waals surface area (Å²) in [6.07, 6.45) is 7.66. The van der Waals surface area contributed by atoms with Crippen LogP contribution in [0.25, 0.3) is 44.4 Å². The summed E-state index contributed by atoms with van der Waals surface area (Å²) in [5.41, 5.74) is 20.0. The Labute approximate surface area is 220 Å². The van der Waals surface area contributed by atoms with Crippen molar-refractivity contribution in [2.45, 2.75) is 86.5 Å². The Morgan fingerprint density at radius 1 is 0.595 bits per heavy atom. The van der Waals surface area contributed by atoms with Crippen molar-refractivity contribution in [2.75, 3.05) is 0 Å². The van der Waals surface area contributed by atoms with E-state index in [4.69, 9.17) is 9.97 Å². The second-order valence-electron chi connectivity index (χ2n) is 10.8. The lowest BCUT2D eigenvalue weighted by atomic mass is 9.90. The van der Waals surface area contributed by atoms with Gasteiger partial charge in [0.15, 0.2) is 0 Å². The second-order valence-corrected chi connectivity index (χ2v) is 10.8. The molecular weight excluding hydrogens is 452 g/mol. The summed E-state index contributed by atoms with van der Waals surface area (Å²) in [5.74, 6) is 0. The molecule has 0 unspecified atom stereocenters. The highest BCUT2D eigenvalue weighted by Crippen LogP contribution is 2.41. The van der Waals surface area contributed by atoms with Crippen LogP contribution in [0.3, 0.4) is 0 Å². The number of H-pyrrole nitrogens is 2.